The smallest absolute Gasteiger partial charge is 0.306 e. The van der Waals surface area contributed by atoms with E-state index < -0.39 is 6.10 Å². The van der Waals surface area contributed by atoms with Gasteiger partial charge in [0.05, 0.1) is 0 Å². The molecule has 6 nitrogen and oxygen atoms in total. The molecule has 0 aliphatic rings. The van der Waals surface area contributed by atoms with Crippen molar-refractivity contribution >= 4 is 17.9 Å². The van der Waals surface area contributed by atoms with Gasteiger partial charge in [0, 0.05) is 19.3 Å². The van der Waals surface area contributed by atoms with Crippen LogP contribution in [0, 0.1) is 0 Å². The zero-order chi connectivity index (χ0) is 47.9. The predicted octanol–water partition coefficient (Wildman–Crippen LogP) is 17.5. The Morgan fingerprint density at radius 2 is 0.606 bits per heavy atom. The molecule has 0 spiro atoms. The molecule has 1 unspecified atom stereocenters. The number of allylic oxidation sites excluding steroid dienone is 22. The van der Waals surface area contributed by atoms with Crippen molar-refractivity contribution in [2.75, 3.05) is 13.2 Å². The second kappa shape index (κ2) is 53.2. The Morgan fingerprint density at radius 3 is 0.985 bits per heavy atom. The molecule has 0 saturated heterocycles. The van der Waals surface area contributed by atoms with Crippen LogP contribution in [-0.2, 0) is 28.6 Å². The maximum absolute atomic E-state index is 12.8. The molecule has 370 valence electrons. The highest BCUT2D eigenvalue weighted by molar-refractivity contribution is 5.71. The molecule has 1 atom stereocenters. The Bertz CT molecular complexity index is 1460. The summed E-state index contributed by atoms with van der Waals surface area (Å²) in [6.45, 7) is 6.29. The average Bonchev–Trinajstić information content (AvgIpc) is 3.31. The summed E-state index contributed by atoms with van der Waals surface area (Å²) < 4.78 is 16.7. The van der Waals surface area contributed by atoms with Crippen LogP contribution in [0.2, 0.25) is 0 Å². The monoisotopic (exact) mass is 911 g/mol. The highest BCUT2D eigenvalue weighted by Crippen LogP contribution is 2.12. The van der Waals surface area contributed by atoms with Crippen LogP contribution in [0.1, 0.15) is 207 Å². The third-order valence-electron chi connectivity index (χ3n) is 10.4. The van der Waals surface area contributed by atoms with Gasteiger partial charge < -0.3 is 14.2 Å². The van der Waals surface area contributed by atoms with Gasteiger partial charge in [-0.05, 0) is 109 Å². The lowest BCUT2D eigenvalue weighted by molar-refractivity contribution is -0.167. The third-order valence-corrected chi connectivity index (χ3v) is 10.4. The molecule has 0 fully saturated rings. The molecule has 0 rings (SSSR count). The molecule has 0 aromatic carbocycles. The molecular formula is C60H94O6. The van der Waals surface area contributed by atoms with E-state index in [1.165, 1.54) is 32.1 Å². The van der Waals surface area contributed by atoms with Gasteiger partial charge in [-0.3, -0.25) is 14.4 Å². The summed E-state index contributed by atoms with van der Waals surface area (Å²) in [5.74, 6) is -1.01. The largest absolute Gasteiger partial charge is 0.462 e. The number of carbonyl (C=O) groups excluding carboxylic acids is 3. The Kier molecular flexibility index (Phi) is 49.6. The minimum atomic E-state index is -0.816. The molecule has 0 amide bonds. The van der Waals surface area contributed by atoms with Crippen LogP contribution in [0.5, 0.6) is 0 Å². The van der Waals surface area contributed by atoms with Gasteiger partial charge in [0.1, 0.15) is 13.2 Å². The fourth-order valence-corrected chi connectivity index (χ4v) is 6.54. The molecule has 66 heavy (non-hydrogen) atoms. The highest BCUT2D eigenvalue weighted by atomic mass is 16.6. The van der Waals surface area contributed by atoms with Gasteiger partial charge in [0.2, 0.25) is 0 Å². The molecule has 0 saturated carbocycles. The lowest BCUT2D eigenvalue weighted by Crippen LogP contribution is -2.30. The Morgan fingerprint density at radius 1 is 0.318 bits per heavy atom. The van der Waals surface area contributed by atoms with Gasteiger partial charge in [0.25, 0.3) is 0 Å². The van der Waals surface area contributed by atoms with Gasteiger partial charge in [-0.25, -0.2) is 0 Å². The normalized spacial score (nSPS) is 13.2. The van der Waals surface area contributed by atoms with Crippen LogP contribution in [0.15, 0.2) is 134 Å². The van der Waals surface area contributed by atoms with E-state index >= 15 is 0 Å². The summed E-state index contributed by atoms with van der Waals surface area (Å²) in [6.07, 6.45) is 74.5. The van der Waals surface area contributed by atoms with Crippen LogP contribution < -0.4 is 0 Å². The van der Waals surface area contributed by atoms with E-state index in [0.717, 1.165) is 128 Å². The van der Waals surface area contributed by atoms with E-state index in [1.807, 2.05) is 0 Å². The summed E-state index contributed by atoms with van der Waals surface area (Å²) in [7, 11) is 0. The minimum Gasteiger partial charge on any atom is -0.462 e. The Labute approximate surface area is 405 Å². The number of hydrogen-bond donors (Lipinski definition) is 0. The Hall–Kier alpha value is -4.45. The van der Waals surface area contributed by atoms with E-state index in [1.54, 1.807) is 0 Å². The van der Waals surface area contributed by atoms with E-state index in [2.05, 4.69) is 154 Å². The van der Waals surface area contributed by atoms with E-state index in [0.29, 0.717) is 12.8 Å². The molecular weight excluding hydrogens is 817 g/mol. The Balaban J connectivity index is 4.45. The van der Waals surface area contributed by atoms with Crippen molar-refractivity contribution in [2.45, 2.75) is 213 Å². The first-order valence-corrected chi connectivity index (χ1v) is 26.2. The number of carbonyl (C=O) groups is 3. The second-order valence-corrected chi connectivity index (χ2v) is 16.7. The summed E-state index contributed by atoms with van der Waals surface area (Å²) in [6, 6.07) is 0. The number of hydrogen-bond acceptors (Lipinski definition) is 6. The first-order valence-electron chi connectivity index (χ1n) is 26.2. The van der Waals surface area contributed by atoms with Gasteiger partial charge in [-0.1, -0.05) is 212 Å². The van der Waals surface area contributed by atoms with Gasteiger partial charge in [0.15, 0.2) is 6.10 Å². The molecule has 6 heteroatoms. The highest BCUT2D eigenvalue weighted by Gasteiger charge is 2.19. The lowest BCUT2D eigenvalue weighted by Gasteiger charge is -2.18. The molecule has 0 radical (unpaired) electrons. The first kappa shape index (κ1) is 61.5. The summed E-state index contributed by atoms with van der Waals surface area (Å²) >= 11 is 0. The maximum Gasteiger partial charge on any atom is 0.306 e. The van der Waals surface area contributed by atoms with Crippen LogP contribution in [0.25, 0.3) is 0 Å². The van der Waals surface area contributed by atoms with E-state index in [9.17, 15) is 14.4 Å². The summed E-state index contributed by atoms with van der Waals surface area (Å²) in [5.41, 5.74) is 0. The zero-order valence-corrected chi connectivity index (χ0v) is 42.1. The maximum atomic E-state index is 12.8. The van der Waals surface area contributed by atoms with Crippen molar-refractivity contribution in [1.29, 1.82) is 0 Å². The van der Waals surface area contributed by atoms with Crippen LogP contribution in [0.3, 0.4) is 0 Å². The van der Waals surface area contributed by atoms with Crippen LogP contribution in [0.4, 0.5) is 0 Å². The number of rotatable bonds is 45. The molecule has 0 N–H and O–H groups in total. The summed E-state index contributed by atoms with van der Waals surface area (Å²) in [4.78, 5) is 37.9. The molecule has 0 heterocycles. The molecule has 0 aromatic heterocycles. The molecule has 0 aromatic rings. The first-order chi connectivity index (χ1) is 32.5. The topological polar surface area (TPSA) is 78.9 Å². The predicted molar refractivity (Wildman–Crippen MR) is 283 cm³/mol. The number of ether oxygens (including phenoxy) is 3. The lowest BCUT2D eigenvalue weighted by atomic mass is 10.1. The van der Waals surface area contributed by atoms with Crippen molar-refractivity contribution in [3.8, 4) is 0 Å². The fourth-order valence-electron chi connectivity index (χ4n) is 6.54. The van der Waals surface area contributed by atoms with E-state index in [4.69, 9.17) is 14.2 Å². The van der Waals surface area contributed by atoms with Gasteiger partial charge in [-0.15, -0.1) is 0 Å². The fraction of sp³-hybridized carbons (Fsp3) is 0.583. The quantitative estimate of drug-likeness (QED) is 0.0262. The third kappa shape index (κ3) is 50.5. The van der Waals surface area contributed by atoms with Gasteiger partial charge in [-0.2, -0.15) is 0 Å². The van der Waals surface area contributed by atoms with Crippen molar-refractivity contribution in [1.82, 2.24) is 0 Å². The second-order valence-electron chi connectivity index (χ2n) is 16.7. The summed E-state index contributed by atoms with van der Waals surface area (Å²) in [5, 5.41) is 0. The van der Waals surface area contributed by atoms with Gasteiger partial charge >= 0.3 is 17.9 Å². The van der Waals surface area contributed by atoms with Crippen molar-refractivity contribution < 1.29 is 28.6 Å². The van der Waals surface area contributed by atoms with Crippen LogP contribution in [-0.4, -0.2) is 37.2 Å². The molecule has 0 aliphatic carbocycles. The number of unbranched alkanes of at least 4 members (excludes halogenated alkanes) is 12. The average molecular weight is 911 g/mol. The van der Waals surface area contributed by atoms with E-state index in [-0.39, 0.29) is 44.0 Å². The van der Waals surface area contributed by atoms with Crippen molar-refractivity contribution in [2.24, 2.45) is 0 Å². The molecule has 0 bridgehead atoms. The van der Waals surface area contributed by atoms with Crippen molar-refractivity contribution in [3.63, 3.8) is 0 Å². The minimum absolute atomic E-state index is 0.110. The number of esters is 3. The standard InChI is InChI=1S/C60H94O6/c1-4-7-10-13-16-19-21-23-25-27-28-29-30-31-32-34-35-37-39-41-44-47-50-53-59(62)65-56-57(55-64-58(61)52-49-46-43-18-15-12-9-6-3)66-60(63)54-51-48-45-42-40-38-36-33-26-24-22-20-17-14-11-8-5-2/h7-8,10-11,16-17,19-20,23-26,28-29,31-32,35-38,41,44,57H,4-6,9,12-15,18,21-22,27,30,33-34,39-40,42-43,45-56H2,1-3H3/b10-7-,11-8-,19-16-,20-17-,25-23-,26-24-,29-28-,32-31-,37-35-,38-36-,44-41-. The SMILES string of the molecule is CC/C=C\C/C=C\C/C=C\C/C=C\C/C=C\C/C=C\C/C=C\CCCC(=O)OCC(COC(=O)CCCCCCCCCC)OC(=O)CCCCCC/C=C\C/C=C\C/C=C\C/C=C\CC. The van der Waals surface area contributed by atoms with Crippen molar-refractivity contribution in [3.05, 3.63) is 134 Å². The zero-order valence-electron chi connectivity index (χ0n) is 42.1. The van der Waals surface area contributed by atoms with Crippen LogP contribution >= 0.6 is 0 Å². The molecule has 0 aliphatic heterocycles.